The Labute approximate surface area is 561 Å². The molecule has 0 aromatic carbocycles. The van der Waals surface area contributed by atoms with Gasteiger partial charge in [-0.3, -0.25) is 23.4 Å². The molecule has 2 saturated heterocycles. The minimum absolute atomic E-state index is 0.0326. The van der Waals surface area contributed by atoms with E-state index < -0.39 is 156 Å². The number of carbonyl (C=O) groups is 3. The maximum absolute atomic E-state index is 14.3. The lowest BCUT2D eigenvalue weighted by Gasteiger charge is -2.49. The second-order valence-corrected chi connectivity index (χ2v) is 28.3. The first-order valence-corrected chi connectivity index (χ1v) is 38.2. The van der Waals surface area contributed by atoms with Crippen molar-refractivity contribution in [1.82, 2.24) is 0 Å². The molecule has 1 aliphatic carbocycles. The van der Waals surface area contributed by atoms with E-state index in [1.54, 1.807) is 0 Å². The van der Waals surface area contributed by atoms with Gasteiger partial charge in [-0.2, -0.15) is 0 Å². The fraction of sp³-hybridized carbons (Fsp3) is 0.957. The molecule has 1 saturated carbocycles. The Kier molecular flexibility index (Phi) is 46.9. The van der Waals surface area contributed by atoms with Crippen LogP contribution in [-0.4, -0.2) is 204 Å². The molecule has 3 fully saturated rings. The molecule has 24 nitrogen and oxygen atoms in total. The molecule has 3 rings (SSSR count). The number of carbonyl (C=O) groups excluding carboxylic acids is 3. The zero-order valence-electron chi connectivity index (χ0n) is 57.7. The zero-order valence-corrected chi connectivity index (χ0v) is 58.6. The first kappa shape index (κ1) is 86.2. The second-order valence-electron chi connectivity index (χ2n) is 26.9. The fourth-order valence-electron chi connectivity index (χ4n) is 12.4. The van der Waals surface area contributed by atoms with Gasteiger partial charge >= 0.3 is 25.7 Å². The van der Waals surface area contributed by atoms with Crippen molar-refractivity contribution >= 4 is 25.7 Å². The van der Waals surface area contributed by atoms with Gasteiger partial charge in [-0.25, -0.2) is 4.57 Å². The van der Waals surface area contributed by atoms with Gasteiger partial charge in [-0.1, -0.05) is 246 Å². The van der Waals surface area contributed by atoms with Crippen LogP contribution in [0.2, 0.25) is 0 Å². The summed E-state index contributed by atoms with van der Waals surface area (Å²) in [6.07, 6.45) is 4.85. The molecule has 0 spiro atoms. The van der Waals surface area contributed by atoms with E-state index in [-0.39, 0.29) is 19.3 Å². The number of aliphatic hydroxyl groups is 10. The van der Waals surface area contributed by atoms with Crippen LogP contribution in [0.25, 0.3) is 0 Å². The summed E-state index contributed by atoms with van der Waals surface area (Å²) in [6.45, 7) is 5.74. The molecule has 2 heterocycles. The van der Waals surface area contributed by atoms with E-state index in [9.17, 15) is 74.9 Å². The third kappa shape index (κ3) is 34.8. The molecule has 19 unspecified atom stereocenters. The van der Waals surface area contributed by atoms with Gasteiger partial charge in [-0.15, -0.1) is 0 Å². The van der Waals surface area contributed by atoms with Crippen molar-refractivity contribution < 1.29 is 117 Å². The first-order chi connectivity index (χ1) is 45.2. The number of phosphoric acid groups is 1. The summed E-state index contributed by atoms with van der Waals surface area (Å²) in [5.74, 6) is -1.30. The van der Waals surface area contributed by atoms with Gasteiger partial charge < -0.3 is 89.1 Å². The van der Waals surface area contributed by atoms with Crippen molar-refractivity contribution in [3.63, 3.8) is 0 Å². The fourth-order valence-corrected chi connectivity index (χ4v) is 13.4. The van der Waals surface area contributed by atoms with Crippen LogP contribution >= 0.6 is 7.82 Å². The molecular weight excluding hydrogens is 1240 g/mol. The molecule has 0 aromatic heterocycles. The zero-order chi connectivity index (χ0) is 69.1. The Hall–Kier alpha value is -2.04. The molecule has 2 aliphatic heterocycles. The summed E-state index contributed by atoms with van der Waals surface area (Å²) >= 11 is 0. The van der Waals surface area contributed by atoms with E-state index in [0.717, 1.165) is 96.3 Å². The first-order valence-electron chi connectivity index (χ1n) is 36.7. The van der Waals surface area contributed by atoms with Crippen molar-refractivity contribution in [2.75, 3.05) is 26.4 Å². The van der Waals surface area contributed by atoms with Gasteiger partial charge in [-0.05, 0) is 25.2 Å². The Balaban J connectivity index is 1.76. The SMILES string of the molecule is CCCCCCCCCCCCCCC(=O)OCC1OC(OC2C(O)C(O)C(O)C(OC3OC(CO)C(O)C(O)C3O)C2OP(=O)(O)OCC(COC(=O)CCCCCCCCCCCCC)OC(=O)CCCCCCCCC(C)CCCCCCCC)C(O)C(O)C1O. The van der Waals surface area contributed by atoms with Gasteiger partial charge in [0.1, 0.15) is 98.7 Å². The molecular formula is C69H129O24P. The van der Waals surface area contributed by atoms with E-state index in [1.165, 1.54) is 122 Å². The Morgan fingerprint density at radius 2 is 0.745 bits per heavy atom. The van der Waals surface area contributed by atoms with E-state index in [2.05, 4.69) is 27.7 Å². The van der Waals surface area contributed by atoms with Gasteiger partial charge in [0.25, 0.3) is 0 Å². The maximum Gasteiger partial charge on any atom is 0.472 e. The number of ether oxygens (including phenoxy) is 7. The highest BCUT2D eigenvalue weighted by atomic mass is 31.2. The topological polar surface area (TPSA) is 374 Å². The Morgan fingerprint density at radius 3 is 1.15 bits per heavy atom. The van der Waals surface area contributed by atoms with Crippen molar-refractivity contribution in [3.8, 4) is 0 Å². The highest BCUT2D eigenvalue weighted by Crippen LogP contribution is 2.49. The third-order valence-electron chi connectivity index (χ3n) is 18.5. The number of unbranched alkanes of at least 4 members (excludes halogenated alkanes) is 31. The number of rotatable bonds is 56. The van der Waals surface area contributed by atoms with E-state index in [1.807, 2.05) is 0 Å². The van der Waals surface area contributed by atoms with Crippen LogP contribution in [0.4, 0.5) is 0 Å². The Morgan fingerprint density at radius 1 is 0.404 bits per heavy atom. The molecule has 94 heavy (non-hydrogen) atoms. The molecule has 25 heteroatoms. The third-order valence-corrected chi connectivity index (χ3v) is 19.5. The van der Waals surface area contributed by atoms with Gasteiger partial charge in [0.15, 0.2) is 18.7 Å². The van der Waals surface area contributed by atoms with Crippen molar-refractivity contribution in [2.24, 2.45) is 5.92 Å². The van der Waals surface area contributed by atoms with Crippen LogP contribution in [0.5, 0.6) is 0 Å². The van der Waals surface area contributed by atoms with Crippen molar-refractivity contribution in [1.29, 1.82) is 0 Å². The van der Waals surface area contributed by atoms with Crippen LogP contribution in [0, 0.1) is 5.92 Å². The lowest BCUT2D eigenvalue weighted by molar-refractivity contribution is -0.360. The molecule has 0 radical (unpaired) electrons. The van der Waals surface area contributed by atoms with Gasteiger partial charge in [0, 0.05) is 19.3 Å². The number of phosphoric ester groups is 1. The minimum atomic E-state index is -5.69. The lowest BCUT2D eigenvalue weighted by atomic mass is 9.84. The highest BCUT2D eigenvalue weighted by molar-refractivity contribution is 7.47. The van der Waals surface area contributed by atoms with Crippen molar-refractivity contribution in [2.45, 2.75) is 389 Å². The average molecular weight is 1370 g/mol. The Bertz CT molecular complexity index is 1980. The van der Waals surface area contributed by atoms with E-state index in [4.69, 9.17) is 42.2 Å². The molecule has 0 amide bonds. The smallest absolute Gasteiger partial charge is 0.463 e. The van der Waals surface area contributed by atoms with Gasteiger partial charge in [0.05, 0.1) is 13.2 Å². The number of esters is 3. The lowest BCUT2D eigenvalue weighted by Crippen LogP contribution is -2.69. The summed E-state index contributed by atoms with van der Waals surface area (Å²) in [5.41, 5.74) is 0. The summed E-state index contributed by atoms with van der Waals surface area (Å²) in [7, 11) is -5.69. The summed E-state index contributed by atoms with van der Waals surface area (Å²) in [6, 6.07) is 0. The predicted molar refractivity (Wildman–Crippen MR) is 352 cm³/mol. The maximum atomic E-state index is 14.3. The average Bonchev–Trinajstić information content (AvgIpc) is 0.766. The quantitative estimate of drug-likeness (QED) is 0.0117. The van der Waals surface area contributed by atoms with Crippen LogP contribution in [-0.2, 0) is 61.2 Å². The van der Waals surface area contributed by atoms with Crippen LogP contribution < -0.4 is 0 Å². The van der Waals surface area contributed by atoms with Crippen LogP contribution in [0.3, 0.4) is 0 Å². The number of hydrogen-bond acceptors (Lipinski definition) is 23. The van der Waals surface area contributed by atoms with Crippen LogP contribution in [0.15, 0.2) is 0 Å². The monoisotopic (exact) mass is 1370 g/mol. The van der Waals surface area contributed by atoms with E-state index >= 15 is 0 Å². The summed E-state index contributed by atoms with van der Waals surface area (Å²) in [5, 5.41) is 110. The normalized spacial score (nSPS) is 28.6. The summed E-state index contributed by atoms with van der Waals surface area (Å²) < 4.78 is 64.9. The predicted octanol–water partition coefficient (Wildman–Crippen LogP) is 9.26. The molecule has 11 N–H and O–H groups in total. The van der Waals surface area contributed by atoms with Crippen molar-refractivity contribution in [3.05, 3.63) is 0 Å². The largest absolute Gasteiger partial charge is 0.472 e. The van der Waals surface area contributed by atoms with E-state index in [0.29, 0.717) is 25.2 Å². The summed E-state index contributed by atoms with van der Waals surface area (Å²) in [4.78, 5) is 50.9. The standard InChI is InChI=1S/C69H129O24P/c1-5-8-11-14-17-19-21-23-25-27-33-38-43-54(72)86-48-52-57(75)59(77)64(82)69(90-52)92-66-62(80)60(78)61(79)65(91-68-63(81)58(76)56(74)51(45-70)89-68)67(66)93-94(83,84)87-47-50(46-85-53(71)42-37-32-26-24-22-20-18-15-12-9-6-2)88-55(73)44-39-34-29-28-31-36-41-49(4)40-35-30-16-13-10-7-3/h49-52,56-70,74-82H,5-48H2,1-4H3,(H,83,84). The van der Waals surface area contributed by atoms with Gasteiger partial charge in [0.2, 0.25) is 0 Å². The molecule has 0 aromatic rings. The minimum Gasteiger partial charge on any atom is -0.463 e. The molecule has 19 atom stereocenters. The highest BCUT2D eigenvalue weighted by Gasteiger charge is 2.58. The molecule has 3 aliphatic rings. The molecule has 0 bridgehead atoms. The van der Waals surface area contributed by atoms with Crippen LogP contribution in [0.1, 0.15) is 285 Å². The number of aliphatic hydroxyl groups excluding tert-OH is 10. The second kappa shape index (κ2) is 51.2. The number of hydrogen-bond donors (Lipinski definition) is 11. The molecule has 554 valence electrons.